The van der Waals surface area contributed by atoms with E-state index in [1.807, 2.05) is 31.2 Å². The predicted octanol–water partition coefficient (Wildman–Crippen LogP) is 3.66. The summed E-state index contributed by atoms with van der Waals surface area (Å²) in [4.78, 5) is 13.0. The highest BCUT2D eigenvalue weighted by atomic mass is 79.9. The summed E-state index contributed by atoms with van der Waals surface area (Å²) in [6.07, 6.45) is 0.720. The molecule has 156 valence electrons. The number of carbonyl (C=O) groups excluding carboxylic acids is 1. The van der Waals surface area contributed by atoms with Crippen molar-refractivity contribution in [3.05, 3.63) is 63.6 Å². The summed E-state index contributed by atoms with van der Waals surface area (Å²) in [7, 11) is -3.67. The van der Waals surface area contributed by atoms with Crippen molar-refractivity contribution in [2.45, 2.75) is 31.2 Å². The van der Waals surface area contributed by atoms with Gasteiger partial charge in [-0.2, -0.15) is 4.31 Å². The molecule has 1 saturated heterocycles. The number of morpholine rings is 1. The van der Waals surface area contributed by atoms with Gasteiger partial charge in [-0.3, -0.25) is 4.79 Å². The van der Waals surface area contributed by atoms with Gasteiger partial charge in [0.25, 0.3) is 5.91 Å². The van der Waals surface area contributed by atoms with Crippen LogP contribution < -0.4 is 5.32 Å². The Morgan fingerprint density at radius 2 is 1.83 bits per heavy atom. The molecule has 1 N–H and O–H groups in total. The zero-order chi connectivity index (χ0) is 21.0. The minimum absolute atomic E-state index is 0.156. The Morgan fingerprint density at radius 1 is 1.17 bits per heavy atom. The molecule has 0 aliphatic carbocycles. The monoisotopic (exact) mass is 480 g/mol. The minimum atomic E-state index is -3.67. The van der Waals surface area contributed by atoms with Gasteiger partial charge in [-0.25, -0.2) is 8.42 Å². The van der Waals surface area contributed by atoms with Crippen LogP contribution in [0.1, 0.15) is 40.9 Å². The number of amides is 1. The van der Waals surface area contributed by atoms with E-state index in [0.29, 0.717) is 37.4 Å². The van der Waals surface area contributed by atoms with Gasteiger partial charge in [0.2, 0.25) is 10.0 Å². The highest BCUT2D eigenvalue weighted by Crippen LogP contribution is 2.24. The third-order valence-corrected chi connectivity index (χ3v) is 7.59. The molecular formula is C21H25BrN2O4S. The first-order valence-corrected chi connectivity index (χ1v) is 11.8. The summed E-state index contributed by atoms with van der Waals surface area (Å²) < 4.78 is 33.7. The first-order chi connectivity index (χ1) is 13.8. The van der Waals surface area contributed by atoms with E-state index < -0.39 is 10.0 Å². The zero-order valence-electron chi connectivity index (χ0n) is 16.5. The molecule has 1 unspecified atom stereocenters. The summed E-state index contributed by atoms with van der Waals surface area (Å²) in [5, 5.41) is 3.01. The maximum absolute atomic E-state index is 13.0. The molecule has 1 amide bonds. The van der Waals surface area contributed by atoms with Crippen molar-refractivity contribution >= 4 is 31.9 Å². The third kappa shape index (κ3) is 5.06. The Bertz CT molecular complexity index is 971. The number of hydrogen-bond donors (Lipinski definition) is 1. The lowest BCUT2D eigenvalue weighted by atomic mass is 10.0. The average Bonchev–Trinajstić information content (AvgIpc) is 2.73. The number of nitrogens with one attached hydrogen (secondary N) is 1. The number of ether oxygens (including phenoxy) is 1. The van der Waals surface area contributed by atoms with Gasteiger partial charge in [-0.1, -0.05) is 41.1 Å². The quantitative estimate of drug-likeness (QED) is 0.684. The van der Waals surface area contributed by atoms with Crippen LogP contribution in [0.15, 0.2) is 51.8 Å². The average molecular weight is 481 g/mol. The van der Waals surface area contributed by atoms with E-state index in [0.717, 1.165) is 16.5 Å². The van der Waals surface area contributed by atoms with Crippen molar-refractivity contribution in [2.75, 3.05) is 26.3 Å². The van der Waals surface area contributed by atoms with E-state index in [2.05, 4.69) is 21.2 Å². The summed E-state index contributed by atoms with van der Waals surface area (Å²) >= 11 is 3.41. The highest BCUT2D eigenvalue weighted by molar-refractivity contribution is 9.10. The van der Waals surface area contributed by atoms with E-state index in [-0.39, 0.29) is 16.8 Å². The third-order valence-electron chi connectivity index (χ3n) is 5.02. The zero-order valence-corrected chi connectivity index (χ0v) is 18.9. The van der Waals surface area contributed by atoms with Crippen molar-refractivity contribution in [3.63, 3.8) is 0 Å². The molecule has 2 aromatic rings. The summed E-state index contributed by atoms with van der Waals surface area (Å²) in [5.74, 6) is -0.293. The summed E-state index contributed by atoms with van der Waals surface area (Å²) in [6.45, 7) is 5.13. The Hall–Kier alpha value is -1.74. The number of benzene rings is 2. The first-order valence-electron chi connectivity index (χ1n) is 9.58. The summed E-state index contributed by atoms with van der Waals surface area (Å²) in [6, 6.07) is 12.5. The highest BCUT2D eigenvalue weighted by Gasteiger charge is 2.28. The molecule has 0 saturated carbocycles. The van der Waals surface area contributed by atoms with Gasteiger partial charge >= 0.3 is 0 Å². The standard InChI is InChI=1S/C21H25BrN2O4S/c1-3-19(16-6-8-18(22)9-7-16)23-21(25)17-5-4-15(2)20(14-17)29(26,27)24-10-12-28-13-11-24/h4-9,14,19H,3,10-13H2,1-2H3,(H,23,25). The van der Waals surface area contributed by atoms with E-state index >= 15 is 0 Å². The van der Waals surface area contributed by atoms with Crippen molar-refractivity contribution in [2.24, 2.45) is 0 Å². The molecule has 29 heavy (non-hydrogen) atoms. The Kier molecular flexibility index (Phi) is 7.10. The molecule has 1 atom stereocenters. The van der Waals surface area contributed by atoms with Crippen LogP contribution in [0, 0.1) is 6.92 Å². The second-order valence-corrected chi connectivity index (χ2v) is 9.80. The van der Waals surface area contributed by atoms with Gasteiger partial charge in [0.05, 0.1) is 24.2 Å². The van der Waals surface area contributed by atoms with Crippen LogP contribution in [0.4, 0.5) is 0 Å². The van der Waals surface area contributed by atoms with Gasteiger partial charge < -0.3 is 10.1 Å². The lowest BCUT2D eigenvalue weighted by Crippen LogP contribution is -2.41. The van der Waals surface area contributed by atoms with E-state index in [9.17, 15) is 13.2 Å². The van der Waals surface area contributed by atoms with Gasteiger partial charge in [0, 0.05) is 23.1 Å². The predicted molar refractivity (Wildman–Crippen MR) is 115 cm³/mol. The molecule has 3 rings (SSSR count). The van der Waals surface area contributed by atoms with E-state index in [1.165, 1.54) is 10.4 Å². The topological polar surface area (TPSA) is 75.7 Å². The number of aryl methyl sites for hydroxylation is 1. The van der Waals surface area contributed by atoms with Crippen molar-refractivity contribution in [1.29, 1.82) is 0 Å². The maximum Gasteiger partial charge on any atom is 0.251 e. The number of hydrogen-bond acceptors (Lipinski definition) is 4. The number of sulfonamides is 1. The van der Waals surface area contributed by atoms with Gasteiger partial charge in [0.15, 0.2) is 0 Å². The molecule has 1 fully saturated rings. The molecule has 6 nitrogen and oxygen atoms in total. The smallest absolute Gasteiger partial charge is 0.251 e. The second-order valence-electron chi connectivity index (χ2n) is 6.98. The molecule has 1 aliphatic rings. The fourth-order valence-electron chi connectivity index (χ4n) is 3.30. The molecule has 1 heterocycles. The van der Waals surface area contributed by atoms with Crippen molar-refractivity contribution in [3.8, 4) is 0 Å². The van der Waals surface area contributed by atoms with Crippen LogP contribution in [0.3, 0.4) is 0 Å². The first kappa shape index (κ1) is 22.0. The van der Waals surface area contributed by atoms with E-state index in [1.54, 1.807) is 19.1 Å². The van der Waals surface area contributed by atoms with Gasteiger partial charge in [-0.05, 0) is 48.7 Å². The number of nitrogens with zero attached hydrogens (tertiary/aromatic N) is 1. The number of carbonyl (C=O) groups is 1. The van der Waals surface area contributed by atoms with Crippen LogP contribution in [0.2, 0.25) is 0 Å². The molecule has 8 heteroatoms. The molecule has 0 aromatic heterocycles. The lowest BCUT2D eigenvalue weighted by molar-refractivity contribution is 0.0730. The van der Waals surface area contributed by atoms with Crippen LogP contribution in [-0.4, -0.2) is 44.9 Å². The van der Waals surface area contributed by atoms with Crippen molar-refractivity contribution in [1.82, 2.24) is 9.62 Å². The van der Waals surface area contributed by atoms with Gasteiger partial charge in [0.1, 0.15) is 0 Å². The lowest BCUT2D eigenvalue weighted by Gasteiger charge is -2.27. The second kappa shape index (κ2) is 9.38. The Labute approximate surface area is 180 Å². The molecule has 0 radical (unpaired) electrons. The fourth-order valence-corrected chi connectivity index (χ4v) is 5.23. The van der Waals surface area contributed by atoms with Crippen LogP contribution in [0.25, 0.3) is 0 Å². The summed E-state index contributed by atoms with van der Waals surface area (Å²) in [5.41, 5.74) is 1.95. The molecule has 0 bridgehead atoms. The van der Waals surface area contributed by atoms with Crippen LogP contribution >= 0.6 is 15.9 Å². The Morgan fingerprint density at radius 3 is 2.45 bits per heavy atom. The largest absolute Gasteiger partial charge is 0.379 e. The molecular weight excluding hydrogens is 456 g/mol. The van der Waals surface area contributed by atoms with E-state index in [4.69, 9.17) is 4.74 Å². The SMILES string of the molecule is CCC(NC(=O)c1ccc(C)c(S(=O)(=O)N2CCOCC2)c1)c1ccc(Br)cc1. The normalized spacial score (nSPS) is 16.4. The number of halogens is 1. The minimum Gasteiger partial charge on any atom is -0.379 e. The number of rotatable bonds is 6. The fraction of sp³-hybridized carbons (Fsp3) is 0.381. The maximum atomic E-state index is 13.0. The molecule has 2 aromatic carbocycles. The molecule has 1 aliphatic heterocycles. The van der Waals surface area contributed by atoms with Crippen molar-refractivity contribution < 1.29 is 17.9 Å². The van der Waals surface area contributed by atoms with Crippen LogP contribution in [-0.2, 0) is 14.8 Å². The van der Waals surface area contributed by atoms with Gasteiger partial charge in [-0.15, -0.1) is 0 Å². The van der Waals surface area contributed by atoms with Crippen LogP contribution in [0.5, 0.6) is 0 Å². The Balaban J connectivity index is 1.84. The molecule has 0 spiro atoms.